The first-order valence-corrected chi connectivity index (χ1v) is 5.42. The maximum atomic E-state index is 9.43. The molecule has 0 heterocycles. The Morgan fingerprint density at radius 3 is 2.79 bits per heavy atom. The number of thiol groups is 1. The number of aryl methyl sites for hydroxylation is 1. The average Bonchev–Trinajstić information content (AvgIpc) is 2.14. The number of allylic oxidation sites excluding steroid dienone is 1. The average molecular weight is 229 g/mol. The Hall–Kier alpha value is -0.600. The molecule has 3 heteroatoms. The summed E-state index contributed by atoms with van der Waals surface area (Å²) < 4.78 is 0. The van der Waals surface area contributed by atoms with Crippen LogP contribution in [-0.2, 0) is 0 Å². The van der Waals surface area contributed by atoms with Gasteiger partial charge in [-0.2, -0.15) is 12.6 Å². The second kappa shape index (κ2) is 5.32. The highest BCUT2D eigenvalue weighted by Gasteiger charge is 2.02. The Balaban J connectivity index is 2.89. The Bertz CT molecular complexity index is 324. The summed E-state index contributed by atoms with van der Waals surface area (Å²) in [5, 5.41) is 9.83. The molecule has 1 aromatic rings. The Morgan fingerprint density at radius 1 is 1.50 bits per heavy atom. The summed E-state index contributed by atoms with van der Waals surface area (Å²) >= 11 is 9.94. The number of hydrogen-bond donors (Lipinski definition) is 2. The highest BCUT2D eigenvalue weighted by Crippen LogP contribution is 2.28. The van der Waals surface area contributed by atoms with Gasteiger partial charge in [0.05, 0.1) is 5.02 Å². The van der Waals surface area contributed by atoms with Gasteiger partial charge in [-0.15, -0.1) is 0 Å². The molecular weight excluding hydrogens is 216 g/mol. The van der Waals surface area contributed by atoms with Crippen LogP contribution >= 0.6 is 24.2 Å². The summed E-state index contributed by atoms with van der Waals surface area (Å²) in [4.78, 5) is 0. The summed E-state index contributed by atoms with van der Waals surface area (Å²) in [7, 11) is 0. The number of hydrogen-bond acceptors (Lipinski definition) is 2. The molecule has 0 bridgehead atoms. The van der Waals surface area contributed by atoms with Gasteiger partial charge in [-0.25, -0.2) is 0 Å². The molecule has 0 atom stereocenters. The van der Waals surface area contributed by atoms with Crippen molar-refractivity contribution in [1.29, 1.82) is 0 Å². The lowest BCUT2D eigenvalue weighted by Gasteiger charge is -2.02. The van der Waals surface area contributed by atoms with Crippen LogP contribution in [0.15, 0.2) is 18.2 Å². The molecule has 0 aliphatic heterocycles. The van der Waals surface area contributed by atoms with Crippen molar-refractivity contribution in [3.63, 3.8) is 0 Å². The van der Waals surface area contributed by atoms with E-state index in [0.29, 0.717) is 5.02 Å². The maximum Gasteiger partial charge on any atom is 0.137 e. The van der Waals surface area contributed by atoms with Gasteiger partial charge in [0, 0.05) is 0 Å². The van der Waals surface area contributed by atoms with Crippen molar-refractivity contribution >= 4 is 30.3 Å². The monoisotopic (exact) mass is 228 g/mol. The van der Waals surface area contributed by atoms with E-state index in [1.807, 2.05) is 25.1 Å². The molecule has 1 N–H and O–H groups in total. The lowest BCUT2D eigenvalue weighted by atomic mass is 10.1. The molecule has 0 aliphatic rings. The van der Waals surface area contributed by atoms with Gasteiger partial charge >= 0.3 is 0 Å². The third-order valence-electron chi connectivity index (χ3n) is 1.88. The molecule has 0 amide bonds. The first-order valence-electron chi connectivity index (χ1n) is 4.41. The highest BCUT2D eigenvalue weighted by molar-refractivity contribution is 7.80. The van der Waals surface area contributed by atoms with Gasteiger partial charge in [0.15, 0.2) is 0 Å². The van der Waals surface area contributed by atoms with Gasteiger partial charge in [-0.05, 0) is 42.4 Å². The molecule has 1 rings (SSSR count). The lowest BCUT2D eigenvalue weighted by molar-refractivity contribution is 0.471. The van der Waals surface area contributed by atoms with Crippen LogP contribution in [0.2, 0.25) is 5.02 Å². The van der Waals surface area contributed by atoms with Gasteiger partial charge in [0.25, 0.3) is 0 Å². The van der Waals surface area contributed by atoms with Crippen LogP contribution in [0.1, 0.15) is 17.5 Å². The molecule has 14 heavy (non-hydrogen) atoms. The second-order valence-electron chi connectivity index (χ2n) is 3.08. The molecule has 76 valence electrons. The molecule has 0 fully saturated rings. The van der Waals surface area contributed by atoms with E-state index in [4.69, 9.17) is 11.6 Å². The first-order chi connectivity index (χ1) is 6.65. The topological polar surface area (TPSA) is 20.2 Å². The molecule has 0 aromatic heterocycles. The molecule has 0 aliphatic carbocycles. The predicted molar refractivity (Wildman–Crippen MR) is 65.4 cm³/mol. The fourth-order valence-electron chi connectivity index (χ4n) is 1.15. The summed E-state index contributed by atoms with van der Waals surface area (Å²) in [5.41, 5.74) is 1.80. The first kappa shape index (κ1) is 11.5. The Morgan fingerprint density at radius 2 is 2.21 bits per heavy atom. The van der Waals surface area contributed by atoms with Crippen LogP contribution < -0.4 is 0 Å². The summed E-state index contributed by atoms with van der Waals surface area (Å²) in [6.45, 7) is 1.83. The van der Waals surface area contributed by atoms with Gasteiger partial charge in [0.1, 0.15) is 5.75 Å². The zero-order chi connectivity index (χ0) is 10.6. The SMILES string of the molecule is Cc1cc(C=CCCS)cc(Cl)c1O. The van der Waals surface area contributed by atoms with E-state index in [2.05, 4.69) is 12.6 Å². The normalized spacial score (nSPS) is 11.1. The van der Waals surface area contributed by atoms with Crippen LogP contribution in [0.3, 0.4) is 0 Å². The Labute approximate surface area is 94.8 Å². The standard InChI is InChI=1S/C11H13ClOS/c1-8-6-9(4-2-3-5-14)7-10(12)11(8)13/h2,4,6-7,13-14H,3,5H2,1H3. The number of halogens is 1. The van der Waals surface area contributed by atoms with Crippen molar-refractivity contribution in [2.24, 2.45) is 0 Å². The van der Waals surface area contributed by atoms with E-state index in [9.17, 15) is 5.11 Å². The van der Waals surface area contributed by atoms with Gasteiger partial charge in [-0.3, -0.25) is 0 Å². The third kappa shape index (κ3) is 2.96. The molecule has 0 saturated heterocycles. The minimum atomic E-state index is 0.165. The van der Waals surface area contributed by atoms with E-state index in [1.54, 1.807) is 6.07 Å². The van der Waals surface area contributed by atoms with Crippen molar-refractivity contribution in [3.8, 4) is 5.75 Å². The molecule has 1 aromatic carbocycles. The predicted octanol–water partition coefficient (Wildman–Crippen LogP) is 3.69. The van der Waals surface area contributed by atoms with Crippen molar-refractivity contribution in [2.45, 2.75) is 13.3 Å². The molecule has 0 saturated carbocycles. The largest absolute Gasteiger partial charge is 0.506 e. The van der Waals surface area contributed by atoms with Gasteiger partial charge in [-0.1, -0.05) is 23.8 Å². The zero-order valence-electron chi connectivity index (χ0n) is 8.00. The number of aromatic hydroxyl groups is 1. The summed E-state index contributed by atoms with van der Waals surface area (Å²) in [5.74, 6) is 0.999. The van der Waals surface area contributed by atoms with E-state index in [-0.39, 0.29) is 5.75 Å². The summed E-state index contributed by atoms with van der Waals surface area (Å²) in [6, 6.07) is 3.65. The Kier molecular flexibility index (Phi) is 4.36. The lowest BCUT2D eigenvalue weighted by Crippen LogP contribution is -1.80. The molecule has 0 spiro atoms. The van der Waals surface area contributed by atoms with E-state index < -0.39 is 0 Å². The highest BCUT2D eigenvalue weighted by atomic mass is 35.5. The number of benzene rings is 1. The van der Waals surface area contributed by atoms with Gasteiger partial charge < -0.3 is 5.11 Å². The number of rotatable bonds is 3. The smallest absolute Gasteiger partial charge is 0.137 e. The van der Waals surface area contributed by atoms with Crippen LogP contribution in [0, 0.1) is 6.92 Å². The minimum absolute atomic E-state index is 0.165. The van der Waals surface area contributed by atoms with Crippen molar-refractivity contribution < 1.29 is 5.11 Å². The third-order valence-corrected chi connectivity index (χ3v) is 2.43. The van der Waals surface area contributed by atoms with Crippen LogP contribution in [-0.4, -0.2) is 10.9 Å². The van der Waals surface area contributed by atoms with Gasteiger partial charge in [0.2, 0.25) is 0 Å². The van der Waals surface area contributed by atoms with Crippen molar-refractivity contribution in [3.05, 3.63) is 34.4 Å². The molecule has 0 radical (unpaired) electrons. The van der Waals surface area contributed by atoms with Crippen molar-refractivity contribution in [1.82, 2.24) is 0 Å². The molecule has 0 unspecified atom stereocenters. The molecule has 1 nitrogen and oxygen atoms in total. The quantitative estimate of drug-likeness (QED) is 0.757. The van der Waals surface area contributed by atoms with Crippen LogP contribution in [0.4, 0.5) is 0 Å². The fraction of sp³-hybridized carbons (Fsp3) is 0.273. The fourth-order valence-corrected chi connectivity index (χ4v) is 1.58. The van der Waals surface area contributed by atoms with E-state index in [1.165, 1.54) is 0 Å². The number of phenolic OH excluding ortho intramolecular Hbond substituents is 1. The van der Waals surface area contributed by atoms with E-state index in [0.717, 1.165) is 23.3 Å². The number of phenols is 1. The van der Waals surface area contributed by atoms with Crippen molar-refractivity contribution in [2.75, 3.05) is 5.75 Å². The van der Waals surface area contributed by atoms with E-state index >= 15 is 0 Å². The van der Waals surface area contributed by atoms with Crippen LogP contribution in [0.25, 0.3) is 6.08 Å². The second-order valence-corrected chi connectivity index (χ2v) is 3.94. The summed E-state index contributed by atoms with van der Waals surface area (Å²) in [6.07, 6.45) is 4.95. The maximum absolute atomic E-state index is 9.43. The molecular formula is C11H13ClOS. The van der Waals surface area contributed by atoms with Crippen LogP contribution in [0.5, 0.6) is 5.75 Å². The minimum Gasteiger partial charge on any atom is -0.506 e. The zero-order valence-corrected chi connectivity index (χ0v) is 9.65.